The van der Waals surface area contributed by atoms with Gasteiger partial charge in [0.05, 0.1) is 18.9 Å². The van der Waals surface area contributed by atoms with Crippen LogP contribution in [0.4, 0.5) is 0 Å². The molecule has 0 aliphatic rings. The zero-order valence-electron chi connectivity index (χ0n) is 9.04. The minimum Gasteiger partial charge on any atom is -0.461 e. The normalized spacial score (nSPS) is 10.3. The number of nitrogens with zero attached hydrogens (tertiary/aromatic N) is 1. The summed E-state index contributed by atoms with van der Waals surface area (Å²) in [4.78, 5) is 18.4. The average molecular weight is 212 g/mol. The number of aliphatic hydroxyl groups is 1. The number of carbonyl (C=O) groups is 1. The van der Waals surface area contributed by atoms with Gasteiger partial charge in [0.2, 0.25) is 0 Å². The third-order valence-corrected chi connectivity index (χ3v) is 1.94. The average Bonchev–Trinajstić information content (AvgIpc) is 2.62. The van der Waals surface area contributed by atoms with Crippen molar-refractivity contribution in [2.24, 2.45) is 0 Å². The molecule has 84 valence electrons. The first-order chi connectivity index (χ1) is 7.22. The molecule has 0 spiro atoms. The Kier molecular flexibility index (Phi) is 4.30. The van der Waals surface area contributed by atoms with Gasteiger partial charge in [0, 0.05) is 6.42 Å². The molecule has 0 saturated carbocycles. The van der Waals surface area contributed by atoms with Gasteiger partial charge in [-0.25, -0.2) is 9.78 Å². The Morgan fingerprint density at radius 2 is 2.27 bits per heavy atom. The Morgan fingerprint density at radius 3 is 2.80 bits per heavy atom. The summed E-state index contributed by atoms with van der Waals surface area (Å²) in [6.45, 7) is 3.83. The van der Waals surface area contributed by atoms with Gasteiger partial charge in [-0.05, 0) is 13.3 Å². The van der Waals surface area contributed by atoms with Gasteiger partial charge in [-0.1, -0.05) is 6.92 Å². The molecule has 0 fully saturated rings. The Morgan fingerprint density at radius 1 is 1.53 bits per heavy atom. The number of ether oxygens (including phenoxy) is 1. The summed E-state index contributed by atoms with van der Waals surface area (Å²) < 4.78 is 4.83. The molecule has 0 radical (unpaired) electrons. The molecule has 1 heterocycles. The van der Waals surface area contributed by atoms with E-state index in [4.69, 9.17) is 9.84 Å². The van der Waals surface area contributed by atoms with E-state index in [1.165, 1.54) is 0 Å². The third-order valence-electron chi connectivity index (χ3n) is 1.94. The van der Waals surface area contributed by atoms with Crippen molar-refractivity contribution < 1.29 is 14.6 Å². The van der Waals surface area contributed by atoms with Crippen molar-refractivity contribution in [3.05, 3.63) is 17.2 Å². The standard InChI is InChI=1S/C10H16N2O3/c1-3-5-8-11-7(6-13)9(12-8)10(14)15-4-2/h13H,3-6H2,1-2H3,(H,11,12). The SMILES string of the molecule is CCCc1nc(C(=O)OCC)c(CO)[nH]1. The fourth-order valence-electron chi connectivity index (χ4n) is 1.30. The Balaban J connectivity index is 2.89. The van der Waals surface area contributed by atoms with Crippen molar-refractivity contribution in [1.29, 1.82) is 0 Å². The van der Waals surface area contributed by atoms with Crippen LogP contribution in [-0.4, -0.2) is 27.7 Å². The number of rotatable bonds is 5. The number of H-pyrrole nitrogens is 1. The summed E-state index contributed by atoms with van der Waals surface area (Å²) in [5.74, 6) is 0.227. The monoisotopic (exact) mass is 212 g/mol. The first-order valence-electron chi connectivity index (χ1n) is 5.08. The highest BCUT2D eigenvalue weighted by atomic mass is 16.5. The van der Waals surface area contributed by atoms with E-state index in [0.717, 1.165) is 12.8 Å². The van der Waals surface area contributed by atoms with E-state index >= 15 is 0 Å². The van der Waals surface area contributed by atoms with Crippen LogP contribution >= 0.6 is 0 Å². The maximum Gasteiger partial charge on any atom is 0.358 e. The highest BCUT2D eigenvalue weighted by Crippen LogP contribution is 2.09. The number of hydrogen-bond donors (Lipinski definition) is 2. The lowest BCUT2D eigenvalue weighted by molar-refractivity contribution is 0.0516. The molecular weight excluding hydrogens is 196 g/mol. The molecule has 0 atom stereocenters. The van der Waals surface area contributed by atoms with Crippen LogP contribution in [0.25, 0.3) is 0 Å². The molecule has 1 aromatic rings. The molecule has 1 aromatic heterocycles. The number of aliphatic hydroxyl groups excluding tert-OH is 1. The number of imidazole rings is 1. The van der Waals surface area contributed by atoms with Crippen LogP contribution in [0.3, 0.4) is 0 Å². The van der Waals surface area contributed by atoms with Gasteiger partial charge in [0.1, 0.15) is 5.82 Å². The highest BCUT2D eigenvalue weighted by Gasteiger charge is 2.17. The third kappa shape index (κ3) is 2.79. The smallest absolute Gasteiger partial charge is 0.358 e. The molecule has 0 saturated heterocycles. The fraction of sp³-hybridized carbons (Fsp3) is 0.600. The van der Waals surface area contributed by atoms with E-state index in [2.05, 4.69) is 9.97 Å². The van der Waals surface area contributed by atoms with Gasteiger partial charge >= 0.3 is 5.97 Å². The molecule has 0 aliphatic heterocycles. The number of carbonyl (C=O) groups excluding carboxylic acids is 1. The number of hydrogen-bond acceptors (Lipinski definition) is 4. The molecule has 0 unspecified atom stereocenters. The van der Waals surface area contributed by atoms with Gasteiger partial charge in [-0.15, -0.1) is 0 Å². The van der Waals surface area contributed by atoms with E-state index in [1.807, 2.05) is 6.92 Å². The predicted molar refractivity (Wildman–Crippen MR) is 54.5 cm³/mol. The van der Waals surface area contributed by atoms with Crippen molar-refractivity contribution >= 4 is 5.97 Å². The highest BCUT2D eigenvalue weighted by molar-refractivity contribution is 5.88. The van der Waals surface area contributed by atoms with Crippen LogP contribution < -0.4 is 0 Å². The molecule has 0 bridgehead atoms. The zero-order chi connectivity index (χ0) is 11.3. The second-order valence-corrected chi connectivity index (χ2v) is 3.14. The molecule has 15 heavy (non-hydrogen) atoms. The maximum atomic E-state index is 11.4. The van der Waals surface area contributed by atoms with Gasteiger partial charge < -0.3 is 14.8 Å². The van der Waals surface area contributed by atoms with Crippen LogP contribution in [0, 0.1) is 0 Å². The molecular formula is C10H16N2O3. The lowest BCUT2D eigenvalue weighted by Crippen LogP contribution is -2.08. The number of aryl methyl sites for hydroxylation is 1. The van der Waals surface area contributed by atoms with Gasteiger partial charge in [0.15, 0.2) is 5.69 Å². The van der Waals surface area contributed by atoms with Crippen molar-refractivity contribution in [3.63, 3.8) is 0 Å². The molecule has 1 rings (SSSR count). The molecule has 0 aliphatic carbocycles. The Bertz CT molecular complexity index is 333. The summed E-state index contributed by atoms with van der Waals surface area (Å²) in [6, 6.07) is 0. The van der Waals surface area contributed by atoms with E-state index in [1.54, 1.807) is 6.92 Å². The van der Waals surface area contributed by atoms with Gasteiger partial charge in [-0.3, -0.25) is 0 Å². The topological polar surface area (TPSA) is 75.2 Å². The molecule has 0 aromatic carbocycles. The first kappa shape index (κ1) is 11.7. The predicted octanol–water partition coefficient (Wildman–Crippen LogP) is 1.03. The van der Waals surface area contributed by atoms with Crippen LogP contribution in [0.1, 0.15) is 42.3 Å². The first-order valence-corrected chi connectivity index (χ1v) is 5.08. The second-order valence-electron chi connectivity index (χ2n) is 3.14. The van der Waals surface area contributed by atoms with Gasteiger partial charge in [0.25, 0.3) is 0 Å². The minimum atomic E-state index is -0.486. The largest absolute Gasteiger partial charge is 0.461 e. The van der Waals surface area contributed by atoms with Crippen LogP contribution in [0.2, 0.25) is 0 Å². The Labute approximate surface area is 88.5 Å². The summed E-state index contributed by atoms with van der Waals surface area (Å²) in [5.41, 5.74) is 0.625. The Hall–Kier alpha value is -1.36. The van der Waals surface area contributed by atoms with Crippen molar-refractivity contribution in [2.45, 2.75) is 33.3 Å². The zero-order valence-corrected chi connectivity index (χ0v) is 9.04. The fourth-order valence-corrected chi connectivity index (χ4v) is 1.30. The number of nitrogens with one attached hydrogen (secondary N) is 1. The van der Waals surface area contributed by atoms with Crippen molar-refractivity contribution in [2.75, 3.05) is 6.61 Å². The molecule has 5 nitrogen and oxygen atoms in total. The number of esters is 1. The lowest BCUT2D eigenvalue weighted by Gasteiger charge is -1.98. The van der Waals surface area contributed by atoms with Crippen LogP contribution in [-0.2, 0) is 17.8 Å². The van der Waals surface area contributed by atoms with E-state index < -0.39 is 5.97 Å². The van der Waals surface area contributed by atoms with E-state index in [0.29, 0.717) is 18.1 Å². The number of aromatic amines is 1. The minimum absolute atomic E-state index is 0.197. The summed E-state index contributed by atoms with van der Waals surface area (Å²) in [6.07, 6.45) is 1.69. The second kappa shape index (κ2) is 5.50. The van der Waals surface area contributed by atoms with Crippen molar-refractivity contribution in [1.82, 2.24) is 9.97 Å². The summed E-state index contributed by atoms with van der Waals surface area (Å²) in [7, 11) is 0. The van der Waals surface area contributed by atoms with E-state index in [-0.39, 0.29) is 12.3 Å². The maximum absolute atomic E-state index is 11.4. The van der Waals surface area contributed by atoms with Crippen LogP contribution in [0.5, 0.6) is 0 Å². The molecule has 2 N–H and O–H groups in total. The van der Waals surface area contributed by atoms with Crippen molar-refractivity contribution in [3.8, 4) is 0 Å². The summed E-state index contributed by atoms with van der Waals surface area (Å²) >= 11 is 0. The van der Waals surface area contributed by atoms with E-state index in [9.17, 15) is 4.79 Å². The number of aromatic nitrogens is 2. The lowest BCUT2D eigenvalue weighted by atomic mass is 10.3. The van der Waals surface area contributed by atoms with Crippen LogP contribution in [0.15, 0.2) is 0 Å². The quantitative estimate of drug-likeness (QED) is 0.715. The molecule has 0 amide bonds. The summed E-state index contributed by atoms with van der Waals surface area (Å²) in [5, 5.41) is 9.04. The molecule has 5 heteroatoms. The van der Waals surface area contributed by atoms with Gasteiger partial charge in [-0.2, -0.15) is 0 Å².